The zero-order valence-electron chi connectivity index (χ0n) is 13.5. The molecule has 5 nitrogen and oxygen atoms in total. The number of fused-ring (bicyclic) bond motifs is 1. The predicted molar refractivity (Wildman–Crippen MR) is 88.6 cm³/mol. The second kappa shape index (κ2) is 7.13. The Morgan fingerprint density at radius 2 is 1.91 bits per heavy atom. The first kappa shape index (κ1) is 16.0. The second-order valence-corrected chi connectivity index (χ2v) is 6.60. The number of hydrogen-bond acceptors (Lipinski definition) is 3. The molecule has 23 heavy (non-hydrogen) atoms. The monoisotopic (exact) mass is 315 g/mol. The van der Waals surface area contributed by atoms with Crippen LogP contribution in [0.5, 0.6) is 0 Å². The number of piperidine rings is 1. The molecule has 0 aliphatic carbocycles. The fraction of sp³-hybridized carbons (Fsp3) is 0.556. The highest BCUT2D eigenvalue weighted by Crippen LogP contribution is 2.19. The van der Waals surface area contributed by atoms with Crippen LogP contribution in [0.2, 0.25) is 0 Å². The first-order chi connectivity index (χ1) is 11.1. The van der Waals surface area contributed by atoms with Crippen molar-refractivity contribution < 1.29 is 9.59 Å². The molecule has 5 heteroatoms. The van der Waals surface area contributed by atoms with Gasteiger partial charge in [-0.2, -0.15) is 0 Å². The minimum absolute atomic E-state index is 0.0939. The number of nitrogens with zero attached hydrogens (tertiary/aromatic N) is 2. The summed E-state index contributed by atoms with van der Waals surface area (Å²) in [5.74, 6) is 0.266. The van der Waals surface area contributed by atoms with Gasteiger partial charge in [-0.3, -0.25) is 9.59 Å². The summed E-state index contributed by atoms with van der Waals surface area (Å²) >= 11 is 0. The van der Waals surface area contributed by atoms with Gasteiger partial charge in [0.2, 0.25) is 11.8 Å². The molecule has 2 aliphatic heterocycles. The van der Waals surface area contributed by atoms with Crippen molar-refractivity contribution >= 4 is 11.8 Å². The van der Waals surface area contributed by atoms with Crippen molar-refractivity contribution in [2.75, 3.05) is 19.6 Å². The van der Waals surface area contributed by atoms with Gasteiger partial charge in [0.15, 0.2) is 0 Å². The number of likely N-dealkylation sites (tertiary alicyclic amines) is 1. The van der Waals surface area contributed by atoms with Crippen LogP contribution in [0.15, 0.2) is 24.3 Å². The molecule has 1 saturated heterocycles. The van der Waals surface area contributed by atoms with E-state index in [9.17, 15) is 9.59 Å². The number of nitrogens with two attached hydrogens (primary N) is 1. The standard InChI is InChI=1S/C18H25N3O2/c19-16(13-20-9-4-3-7-17(20)22)11-18(23)21-10-8-14-5-1-2-6-15(14)12-21/h1-2,5-6,16H,3-4,7-13,19H2/t16-/m0/s1. The molecule has 0 aromatic heterocycles. The Balaban J connectivity index is 1.52. The highest BCUT2D eigenvalue weighted by molar-refractivity contribution is 5.78. The normalized spacial score (nSPS) is 19.4. The summed E-state index contributed by atoms with van der Waals surface area (Å²) < 4.78 is 0. The highest BCUT2D eigenvalue weighted by atomic mass is 16.2. The van der Waals surface area contributed by atoms with Crippen molar-refractivity contribution in [1.82, 2.24) is 9.80 Å². The minimum Gasteiger partial charge on any atom is -0.341 e. The average molecular weight is 315 g/mol. The van der Waals surface area contributed by atoms with Gasteiger partial charge in [0, 0.05) is 45.1 Å². The Bertz CT molecular complexity index is 587. The topological polar surface area (TPSA) is 66.6 Å². The first-order valence-electron chi connectivity index (χ1n) is 8.51. The Kier molecular flexibility index (Phi) is 4.96. The molecule has 1 atom stereocenters. The van der Waals surface area contributed by atoms with Crippen LogP contribution in [0.4, 0.5) is 0 Å². The summed E-state index contributed by atoms with van der Waals surface area (Å²) in [4.78, 5) is 28.0. The van der Waals surface area contributed by atoms with E-state index < -0.39 is 0 Å². The molecule has 1 aromatic rings. The van der Waals surface area contributed by atoms with Crippen LogP contribution in [0, 0.1) is 0 Å². The third-order valence-corrected chi connectivity index (χ3v) is 4.80. The third kappa shape index (κ3) is 3.91. The lowest BCUT2D eigenvalue weighted by molar-refractivity contribution is -0.136. The molecule has 1 aromatic carbocycles. The van der Waals surface area contributed by atoms with Gasteiger partial charge in [-0.15, -0.1) is 0 Å². The number of amides is 2. The Morgan fingerprint density at radius 1 is 1.13 bits per heavy atom. The van der Waals surface area contributed by atoms with Gasteiger partial charge in [-0.1, -0.05) is 24.3 Å². The molecule has 0 radical (unpaired) electrons. The Morgan fingerprint density at radius 3 is 2.70 bits per heavy atom. The van der Waals surface area contributed by atoms with Crippen LogP contribution in [-0.4, -0.2) is 47.3 Å². The zero-order chi connectivity index (χ0) is 16.2. The molecule has 1 fully saturated rings. The molecule has 2 amide bonds. The van der Waals surface area contributed by atoms with Gasteiger partial charge in [-0.25, -0.2) is 0 Å². The highest BCUT2D eigenvalue weighted by Gasteiger charge is 2.25. The lowest BCUT2D eigenvalue weighted by Crippen LogP contribution is -2.46. The third-order valence-electron chi connectivity index (χ3n) is 4.80. The van der Waals surface area contributed by atoms with Crippen LogP contribution in [0.1, 0.15) is 36.8 Å². The molecule has 0 saturated carbocycles. The Labute approximate surface area is 137 Å². The van der Waals surface area contributed by atoms with E-state index in [2.05, 4.69) is 12.1 Å². The number of benzene rings is 1. The van der Waals surface area contributed by atoms with Crippen LogP contribution in [-0.2, 0) is 22.6 Å². The van der Waals surface area contributed by atoms with Gasteiger partial charge < -0.3 is 15.5 Å². The van der Waals surface area contributed by atoms with Gasteiger partial charge in [0.05, 0.1) is 0 Å². The lowest BCUT2D eigenvalue weighted by atomic mass is 9.99. The van der Waals surface area contributed by atoms with Crippen LogP contribution >= 0.6 is 0 Å². The maximum Gasteiger partial charge on any atom is 0.224 e. The van der Waals surface area contributed by atoms with Crippen molar-refractivity contribution in [3.8, 4) is 0 Å². The summed E-state index contributed by atoms with van der Waals surface area (Å²) in [5.41, 5.74) is 8.69. The first-order valence-corrected chi connectivity index (χ1v) is 8.51. The maximum atomic E-state index is 12.5. The summed E-state index contributed by atoms with van der Waals surface area (Å²) in [6.07, 6.45) is 3.84. The lowest BCUT2D eigenvalue weighted by Gasteiger charge is -2.32. The van der Waals surface area contributed by atoms with E-state index in [-0.39, 0.29) is 17.9 Å². The van der Waals surface area contributed by atoms with Crippen molar-refractivity contribution in [2.45, 2.75) is 44.7 Å². The summed E-state index contributed by atoms with van der Waals surface area (Å²) in [5, 5.41) is 0. The van der Waals surface area contributed by atoms with Gasteiger partial charge in [0.1, 0.15) is 0 Å². The van der Waals surface area contributed by atoms with E-state index >= 15 is 0 Å². The molecule has 0 bridgehead atoms. The molecule has 2 N–H and O–H groups in total. The molecular formula is C18H25N3O2. The summed E-state index contributed by atoms with van der Waals surface area (Å²) in [6, 6.07) is 8.00. The second-order valence-electron chi connectivity index (χ2n) is 6.60. The molecule has 0 spiro atoms. The molecule has 0 unspecified atom stereocenters. The molecule has 124 valence electrons. The smallest absolute Gasteiger partial charge is 0.224 e. The number of carbonyl (C=O) groups excluding carboxylic acids is 2. The molecule has 2 aliphatic rings. The van der Waals surface area contributed by atoms with E-state index in [1.54, 1.807) is 0 Å². The van der Waals surface area contributed by atoms with E-state index in [1.807, 2.05) is 21.9 Å². The predicted octanol–water partition coefficient (Wildman–Crippen LogP) is 1.30. The zero-order valence-corrected chi connectivity index (χ0v) is 13.5. The SMILES string of the molecule is N[C@@H](CC(=O)N1CCc2ccccc2C1)CN1CCCCC1=O. The van der Waals surface area contributed by atoms with E-state index in [0.717, 1.165) is 32.4 Å². The number of carbonyl (C=O) groups is 2. The van der Waals surface area contributed by atoms with E-state index in [1.165, 1.54) is 11.1 Å². The molecule has 3 rings (SSSR count). The fourth-order valence-corrected chi connectivity index (χ4v) is 3.46. The van der Waals surface area contributed by atoms with E-state index in [4.69, 9.17) is 5.73 Å². The van der Waals surface area contributed by atoms with Crippen molar-refractivity contribution in [1.29, 1.82) is 0 Å². The molecule has 2 heterocycles. The minimum atomic E-state index is -0.276. The van der Waals surface area contributed by atoms with Crippen LogP contribution in [0.25, 0.3) is 0 Å². The van der Waals surface area contributed by atoms with Crippen LogP contribution in [0.3, 0.4) is 0 Å². The van der Waals surface area contributed by atoms with Crippen molar-refractivity contribution in [3.05, 3.63) is 35.4 Å². The summed E-state index contributed by atoms with van der Waals surface area (Å²) in [7, 11) is 0. The van der Waals surface area contributed by atoms with Gasteiger partial charge in [0.25, 0.3) is 0 Å². The maximum absolute atomic E-state index is 12.5. The van der Waals surface area contributed by atoms with Gasteiger partial charge >= 0.3 is 0 Å². The van der Waals surface area contributed by atoms with Crippen molar-refractivity contribution in [2.24, 2.45) is 5.73 Å². The van der Waals surface area contributed by atoms with Gasteiger partial charge in [-0.05, 0) is 30.4 Å². The van der Waals surface area contributed by atoms with Crippen LogP contribution < -0.4 is 5.73 Å². The fourth-order valence-electron chi connectivity index (χ4n) is 3.46. The number of hydrogen-bond donors (Lipinski definition) is 1. The van der Waals surface area contributed by atoms with E-state index in [0.29, 0.717) is 25.9 Å². The Hall–Kier alpha value is -1.88. The molecular weight excluding hydrogens is 290 g/mol. The number of rotatable bonds is 4. The van der Waals surface area contributed by atoms with Crippen molar-refractivity contribution in [3.63, 3.8) is 0 Å². The average Bonchev–Trinajstić information content (AvgIpc) is 2.56. The largest absolute Gasteiger partial charge is 0.341 e. The summed E-state index contributed by atoms with van der Waals surface area (Å²) in [6.45, 7) is 2.70. The quantitative estimate of drug-likeness (QED) is 0.911.